The number of amides is 2. The molecule has 182 valence electrons. The first kappa shape index (κ1) is 23.9. The first-order valence-electron chi connectivity index (χ1n) is 11.3. The molecular weight excluding hydrogens is 446 g/mol. The van der Waals surface area contributed by atoms with Crippen LogP contribution in [0.5, 0.6) is 5.75 Å². The van der Waals surface area contributed by atoms with E-state index in [-0.39, 0.29) is 30.2 Å². The number of halogens is 2. The van der Waals surface area contributed by atoms with Crippen LogP contribution in [-0.4, -0.2) is 56.1 Å². The fourth-order valence-electron chi connectivity index (χ4n) is 5.19. The second-order valence-electron chi connectivity index (χ2n) is 9.55. The number of rotatable bonds is 5. The Hall–Kier alpha value is -3.27. The lowest BCUT2D eigenvalue weighted by atomic mass is 9.91. The van der Waals surface area contributed by atoms with Crippen molar-refractivity contribution in [1.82, 2.24) is 14.4 Å². The Morgan fingerprint density at radius 3 is 2.59 bits per heavy atom. The van der Waals surface area contributed by atoms with E-state index in [4.69, 9.17) is 5.73 Å². The van der Waals surface area contributed by atoms with Crippen LogP contribution in [0.15, 0.2) is 29.2 Å². The third-order valence-corrected chi connectivity index (χ3v) is 6.63. The molecule has 1 aromatic heterocycles. The minimum absolute atomic E-state index is 0.142. The van der Waals surface area contributed by atoms with Gasteiger partial charge in [0.05, 0.1) is 6.54 Å². The molecule has 3 heterocycles. The molecule has 0 radical (unpaired) electrons. The fourth-order valence-corrected chi connectivity index (χ4v) is 5.19. The molecule has 3 unspecified atom stereocenters. The molecule has 0 saturated carbocycles. The maximum atomic E-state index is 14.5. The van der Waals surface area contributed by atoms with E-state index in [9.17, 15) is 28.3 Å². The van der Waals surface area contributed by atoms with Gasteiger partial charge in [0.15, 0.2) is 11.4 Å². The number of carbonyl (C=O) groups is 2. The Balaban J connectivity index is 1.77. The first-order chi connectivity index (χ1) is 16.0. The van der Waals surface area contributed by atoms with Crippen LogP contribution in [0.25, 0.3) is 0 Å². The summed E-state index contributed by atoms with van der Waals surface area (Å²) >= 11 is 0. The van der Waals surface area contributed by atoms with Crippen LogP contribution in [-0.2, 0) is 13.0 Å². The van der Waals surface area contributed by atoms with Gasteiger partial charge in [-0.05, 0) is 37.3 Å². The number of hydrogen-bond donors (Lipinski definition) is 2. The molecule has 1 fully saturated rings. The van der Waals surface area contributed by atoms with Crippen LogP contribution >= 0.6 is 0 Å². The average molecular weight is 475 g/mol. The highest BCUT2D eigenvalue weighted by Gasteiger charge is 2.46. The number of benzene rings is 1. The number of pyridine rings is 1. The third-order valence-electron chi connectivity index (χ3n) is 6.63. The van der Waals surface area contributed by atoms with Gasteiger partial charge in [-0.15, -0.1) is 0 Å². The number of primary amides is 1. The Morgan fingerprint density at radius 2 is 1.97 bits per heavy atom. The number of aromatic nitrogens is 1. The van der Waals surface area contributed by atoms with Crippen molar-refractivity contribution in [3.8, 4) is 5.75 Å². The van der Waals surface area contributed by atoms with E-state index >= 15 is 0 Å². The maximum absolute atomic E-state index is 14.5. The first-order valence-corrected chi connectivity index (χ1v) is 11.3. The number of hydrogen-bond acceptors (Lipinski definition) is 5. The standard InChI is InChI=1S/C24H28F2N4O4/c1-12(2)9-29-16(7-14-4-5-15(25)8-18(14)26)6-13(3)30-19(29)11-28-10-17(23(27)33)21(31)22(32)20(28)24(30)34/h4-5,8,10,12-13,16,19,32H,6-7,9,11H2,1-3H3,(H2,27,33). The summed E-state index contributed by atoms with van der Waals surface area (Å²) in [6, 6.07) is 3.13. The molecule has 4 rings (SSSR count). The summed E-state index contributed by atoms with van der Waals surface area (Å²) in [7, 11) is 0. The van der Waals surface area contributed by atoms with E-state index in [0.717, 1.165) is 6.07 Å². The molecule has 10 heteroatoms. The Morgan fingerprint density at radius 1 is 1.26 bits per heavy atom. The van der Waals surface area contributed by atoms with Crippen LogP contribution in [0.4, 0.5) is 8.78 Å². The third kappa shape index (κ3) is 4.06. The van der Waals surface area contributed by atoms with Gasteiger partial charge >= 0.3 is 0 Å². The van der Waals surface area contributed by atoms with Crippen molar-refractivity contribution in [2.24, 2.45) is 11.7 Å². The van der Waals surface area contributed by atoms with Crippen molar-refractivity contribution in [3.63, 3.8) is 0 Å². The Labute approximate surface area is 195 Å². The van der Waals surface area contributed by atoms with Crippen molar-refractivity contribution in [2.75, 3.05) is 6.54 Å². The predicted octanol–water partition coefficient (Wildman–Crippen LogP) is 2.07. The van der Waals surface area contributed by atoms with Gasteiger partial charge in [0, 0.05) is 30.9 Å². The lowest BCUT2D eigenvalue weighted by Gasteiger charge is -2.54. The minimum atomic E-state index is -0.994. The second kappa shape index (κ2) is 8.83. The van der Waals surface area contributed by atoms with Crippen molar-refractivity contribution < 1.29 is 23.5 Å². The highest BCUT2D eigenvalue weighted by molar-refractivity contribution is 5.98. The Bertz CT molecular complexity index is 1210. The Kier molecular flexibility index (Phi) is 6.20. The molecule has 34 heavy (non-hydrogen) atoms. The molecule has 1 saturated heterocycles. The van der Waals surface area contributed by atoms with Crippen molar-refractivity contribution >= 4 is 11.8 Å². The molecular formula is C24H28F2N4O4. The highest BCUT2D eigenvalue weighted by Crippen LogP contribution is 2.35. The van der Waals surface area contributed by atoms with Crippen molar-refractivity contribution in [3.05, 3.63) is 63.1 Å². The van der Waals surface area contributed by atoms with Gasteiger partial charge in [-0.2, -0.15) is 0 Å². The summed E-state index contributed by atoms with van der Waals surface area (Å²) in [6.45, 7) is 6.72. The molecule has 0 bridgehead atoms. The predicted molar refractivity (Wildman–Crippen MR) is 120 cm³/mol. The fraction of sp³-hybridized carbons (Fsp3) is 0.458. The number of nitrogens with zero attached hydrogens (tertiary/aromatic N) is 3. The zero-order valence-electron chi connectivity index (χ0n) is 19.3. The highest BCUT2D eigenvalue weighted by atomic mass is 19.1. The van der Waals surface area contributed by atoms with Gasteiger partial charge in [0.25, 0.3) is 11.8 Å². The number of carbonyl (C=O) groups excluding carboxylic acids is 2. The lowest BCUT2D eigenvalue weighted by Crippen LogP contribution is -2.67. The van der Waals surface area contributed by atoms with Gasteiger partial charge in [-0.1, -0.05) is 19.9 Å². The summed E-state index contributed by atoms with van der Waals surface area (Å²) in [6.07, 6.45) is 1.62. The summed E-state index contributed by atoms with van der Waals surface area (Å²) in [5.74, 6) is -3.34. The zero-order valence-corrected chi connectivity index (χ0v) is 19.3. The zero-order chi connectivity index (χ0) is 24.9. The van der Waals surface area contributed by atoms with Crippen LogP contribution in [0, 0.1) is 17.6 Å². The largest absolute Gasteiger partial charge is 0.503 e. The average Bonchev–Trinajstić information content (AvgIpc) is 2.74. The molecule has 3 atom stereocenters. The molecule has 8 nitrogen and oxygen atoms in total. The van der Waals surface area contributed by atoms with E-state index in [2.05, 4.69) is 4.90 Å². The quantitative estimate of drug-likeness (QED) is 0.690. The van der Waals surface area contributed by atoms with E-state index in [1.54, 1.807) is 4.90 Å². The summed E-state index contributed by atoms with van der Waals surface area (Å²) in [4.78, 5) is 41.3. The van der Waals surface area contributed by atoms with Crippen molar-refractivity contribution in [1.29, 1.82) is 0 Å². The molecule has 2 aliphatic rings. The summed E-state index contributed by atoms with van der Waals surface area (Å²) in [5.41, 5.74) is 4.14. The van der Waals surface area contributed by atoms with E-state index in [1.807, 2.05) is 20.8 Å². The maximum Gasteiger partial charge on any atom is 0.276 e. The molecule has 2 amide bonds. The van der Waals surface area contributed by atoms with E-state index in [0.29, 0.717) is 24.9 Å². The summed E-state index contributed by atoms with van der Waals surface area (Å²) < 4.78 is 29.3. The smallest absolute Gasteiger partial charge is 0.276 e. The van der Waals surface area contributed by atoms with Crippen LogP contribution in [0.2, 0.25) is 0 Å². The van der Waals surface area contributed by atoms with Gasteiger partial charge < -0.3 is 20.3 Å². The van der Waals surface area contributed by atoms with Crippen molar-refractivity contribution in [2.45, 2.75) is 58.4 Å². The van der Waals surface area contributed by atoms with Gasteiger partial charge in [-0.3, -0.25) is 19.3 Å². The van der Waals surface area contributed by atoms with Gasteiger partial charge in [0.2, 0.25) is 5.43 Å². The lowest BCUT2D eigenvalue weighted by molar-refractivity contribution is -0.0656. The van der Waals surface area contributed by atoms with E-state index in [1.165, 1.54) is 22.9 Å². The molecule has 0 aliphatic carbocycles. The molecule has 1 aromatic carbocycles. The van der Waals surface area contributed by atoms with Crippen LogP contribution in [0.1, 0.15) is 53.6 Å². The molecule has 3 N–H and O–H groups in total. The minimum Gasteiger partial charge on any atom is -0.503 e. The monoisotopic (exact) mass is 474 g/mol. The van der Waals surface area contributed by atoms with E-state index < -0.39 is 46.4 Å². The molecule has 2 aromatic rings. The van der Waals surface area contributed by atoms with Gasteiger partial charge in [0.1, 0.15) is 23.4 Å². The number of aromatic hydroxyl groups is 1. The number of fused-ring (bicyclic) bond motifs is 2. The van der Waals surface area contributed by atoms with Gasteiger partial charge in [-0.25, -0.2) is 8.78 Å². The summed E-state index contributed by atoms with van der Waals surface area (Å²) in [5, 5.41) is 10.5. The second-order valence-corrected chi connectivity index (χ2v) is 9.55. The molecule has 0 spiro atoms. The van der Waals surface area contributed by atoms with Crippen LogP contribution in [0.3, 0.4) is 0 Å². The topological polar surface area (TPSA) is 109 Å². The van der Waals surface area contributed by atoms with Crippen LogP contribution < -0.4 is 11.2 Å². The molecule has 2 aliphatic heterocycles. The normalized spacial score (nSPS) is 22.6. The number of nitrogens with two attached hydrogens (primary N) is 1. The SMILES string of the molecule is CC(C)CN1C(Cc2ccc(F)cc2F)CC(C)N2C(=O)c3c(O)c(=O)c(C(N)=O)cn3CC12.